The number of fused-ring (bicyclic) bond motifs is 1. The number of piperidine rings is 1. The number of aromatic amines is 1. The lowest BCUT2D eigenvalue weighted by Gasteiger charge is -2.22. The Kier molecular flexibility index (Phi) is 5.97. The predicted molar refractivity (Wildman–Crippen MR) is 126 cm³/mol. The van der Waals surface area contributed by atoms with E-state index in [-0.39, 0.29) is 0 Å². The number of pyridine rings is 2. The van der Waals surface area contributed by atoms with Gasteiger partial charge in [-0.3, -0.25) is 20.8 Å². The minimum Gasteiger partial charge on any atom is -0.471 e. The first kappa shape index (κ1) is 21.2. The number of hydrogen-bond donors (Lipinski definition) is 3. The number of H-pyrrole nitrogens is 1. The molecule has 1 aliphatic rings. The van der Waals surface area contributed by atoms with Crippen LogP contribution in [0.5, 0.6) is 5.75 Å². The summed E-state index contributed by atoms with van der Waals surface area (Å²) in [5.74, 6) is 1.09. The molecule has 9 heteroatoms. The summed E-state index contributed by atoms with van der Waals surface area (Å²) in [6, 6.07) is 9.81. The molecule has 4 aromatic rings. The van der Waals surface area contributed by atoms with Crippen molar-refractivity contribution in [3.05, 3.63) is 70.2 Å². The van der Waals surface area contributed by atoms with Gasteiger partial charge in [-0.2, -0.15) is 5.10 Å². The van der Waals surface area contributed by atoms with Crippen LogP contribution < -0.4 is 15.8 Å². The van der Waals surface area contributed by atoms with Gasteiger partial charge in [0.25, 0.3) is 0 Å². The SMILES string of the molecule is N[C@@H](Oc1ccc2[nH]nc(-c3ccc(C4CCNCC4)nc3)c2c1)c1c(Cl)cncc1Cl. The number of nitrogens with one attached hydrogen (secondary N) is 2. The van der Waals surface area contributed by atoms with Gasteiger partial charge < -0.3 is 10.1 Å². The van der Waals surface area contributed by atoms with Crippen molar-refractivity contribution < 1.29 is 4.74 Å². The molecule has 0 amide bonds. The number of benzene rings is 1. The van der Waals surface area contributed by atoms with Gasteiger partial charge >= 0.3 is 0 Å². The zero-order chi connectivity index (χ0) is 22.1. The third kappa shape index (κ3) is 4.17. The fraction of sp³-hybridized carbons (Fsp3) is 0.261. The Morgan fingerprint density at radius 1 is 1.03 bits per heavy atom. The Hall–Kier alpha value is -2.71. The molecule has 7 nitrogen and oxygen atoms in total. The number of ether oxygens (including phenoxy) is 1. The van der Waals surface area contributed by atoms with E-state index in [1.54, 1.807) is 0 Å². The molecule has 164 valence electrons. The standard InChI is InChI=1S/C23H22Cl2N6O/c24-17-11-28-12-18(25)21(17)23(26)32-15-2-4-20-16(9-15)22(31-30-20)14-1-3-19(29-10-14)13-5-7-27-8-6-13/h1-4,9-13,23,27H,5-8,26H2,(H,30,31)/t23-/m0/s1. The van der Waals surface area contributed by atoms with Gasteiger partial charge in [0.2, 0.25) is 0 Å². The second-order valence-electron chi connectivity index (χ2n) is 7.83. The number of rotatable bonds is 5. The third-order valence-corrected chi connectivity index (χ3v) is 6.39. The summed E-state index contributed by atoms with van der Waals surface area (Å²) < 4.78 is 5.95. The number of halogens is 2. The van der Waals surface area contributed by atoms with Crippen molar-refractivity contribution >= 4 is 34.1 Å². The summed E-state index contributed by atoms with van der Waals surface area (Å²) in [6.07, 6.45) is 6.27. The molecule has 0 aliphatic carbocycles. The number of nitrogens with zero attached hydrogens (tertiary/aromatic N) is 3. The average molecular weight is 469 g/mol. The molecule has 1 aromatic carbocycles. The number of nitrogens with two attached hydrogens (primary N) is 1. The van der Waals surface area contributed by atoms with E-state index < -0.39 is 6.23 Å². The van der Waals surface area contributed by atoms with Crippen LogP contribution >= 0.6 is 23.2 Å². The van der Waals surface area contributed by atoms with Crippen molar-refractivity contribution in [2.24, 2.45) is 5.73 Å². The summed E-state index contributed by atoms with van der Waals surface area (Å²) in [6.45, 7) is 2.08. The Morgan fingerprint density at radius 2 is 1.81 bits per heavy atom. The van der Waals surface area contributed by atoms with Gasteiger partial charge in [0.05, 0.1) is 15.6 Å². The van der Waals surface area contributed by atoms with Crippen LogP contribution in [0.4, 0.5) is 0 Å². The molecule has 1 fully saturated rings. The van der Waals surface area contributed by atoms with Crippen molar-refractivity contribution in [2.45, 2.75) is 25.0 Å². The molecule has 5 rings (SSSR count). The van der Waals surface area contributed by atoms with E-state index >= 15 is 0 Å². The molecule has 1 saturated heterocycles. The molecule has 3 aromatic heterocycles. The molecule has 0 saturated carbocycles. The van der Waals surface area contributed by atoms with Crippen LogP contribution in [0, 0.1) is 0 Å². The maximum atomic E-state index is 6.23. The number of aromatic nitrogens is 4. The zero-order valence-corrected chi connectivity index (χ0v) is 18.7. The van der Waals surface area contributed by atoms with Crippen LogP contribution in [0.15, 0.2) is 48.9 Å². The Morgan fingerprint density at radius 3 is 2.53 bits per heavy atom. The van der Waals surface area contributed by atoms with E-state index in [2.05, 4.69) is 32.6 Å². The third-order valence-electron chi connectivity index (χ3n) is 5.79. The number of hydrogen-bond acceptors (Lipinski definition) is 6. The topological polar surface area (TPSA) is 102 Å². The molecule has 0 unspecified atom stereocenters. The zero-order valence-electron chi connectivity index (χ0n) is 17.2. The largest absolute Gasteiger partial charge is 0.471 e. The van der Waals surface area contributed by atoms with E-state index in [1.807, 2.05) is 24.4 Å². The Balaban J connectivity index is 1.41. The van der Waals surface area contributed by atoms with Crippen molar-refractivity contribution in [3.8, 4) is 17.0 Å². The van der Waals surface area contributed by atoms with Crippen LogP contribution in [-0.2, 0) is 0 Å². The lowest BCUT2D eigenvalue weighted by atomic mass is 9.94. The smallest absolute Gasteiger partial charge is 0.177 e. The normalized spacial score (nSPS) is 15.7. The first-order valence-electron chi connectivity index (χ1n) is 10.5. The second-order valence-corrected chi connectivity index (χ2v) is 8.65. The minimum atomic E-state index is -0.836. The van der Waals surface area contributed by atoms with Gasteiger partial charge in [-0.25, -0.2) is 0 Å². The summed E-state index contributed by atoms with van der Waals surface area (Å²) in [7, 11) is 0. The van der Waals surface area contributed by atoms with E-state index in [0.717, 1.165) is 53.8 Å². The average Bonchev–Trinajstić information content (AvgIpc) is 3.23. The van der Waals surface area contributed by atoms with Crippen molar-refractivity contribution in [3.63, 3.8) is 0 Å². The monoisotopic (exact) mass is 468 g/mol. The highest BCUT2D eigenvalue weighted by atomic mass is 35.5. The molecule has 0 bridgehead atoms. The maximum absolute atomic E-state index is 6.23. The molecule has 4 heterocycles. The van der Waals surface area contributed by atoms with Crippen LogP contribution in [0.3, 0.4) is 0 Å². The molecule has 1 aliphatic heterocycles. The molecule has 0 spiro atoms. The molecule has 4 N–H and O–H groups in total. The highest BCUT2D eigenvalue weighted by molar-refractivity contribution is 6.35. The van der Waals surface area contributed by atoms with E-state index in [0.29, 0.717) is 27.3 Å². The summed E-state index contributed by atoms with van der Waals surface area (Å²) >= 11 is 12.4. The molecule has 1 atom stereocenters. The van der Waals surface area contributed by atoms with Crippen molar-refractivity contribution in [1.29, 1.82) is 0 Å². The Labute approximate surface area is 195 Å². The van der Waals surface area contributed by atoms with Gasteiger partial charge in [0, 0.05) is 46.7 Å². The van der Waals surface area contributed by atoms with Crippen LogP contribution in [0.25, 0.3) is 22.2 Å². The first-order chi connectivity index (χ1) is 15.6. The van der Waals surface area contributed by atoms with E-state index in [1.165, 1.54) is 12.4 Å². The highest BCUT2D eigenvalue weighted by Gasteiger charge is 2.19. The van der Waals surface area contributed by atoms with E-state index in [9.17, 15) is 0 Å². The molecular formula is C23H22Cl2N6O. The molecule has 0 radical (unpaired) electrons. The lowest BCUT2D eigenvalue weighted by molar-refractivity contribution is 0.214. The van der Waals surface area contributed by atoms with Gasteiger partial charge in [-0.05, 0) is 56.3 Å². The summed E-state index contributed by atoms with van der Waals surface area (Å²) in [4.78, 5) is 8.68. The van der Waals surface area contributed by atoms with Gasteiger partial charge in [-0.15, -0.1) is 0 Å². The minimum absolute atomic E-state index is 0.356. The Bertz CT molecular complexity index is 1220. The fourth-order valence-corrected chi connectivity index (χ4v) is 4.67. The van der Waals surface area contributed by atoms with Crippen molar-refractivity contribution in [2.75, 3.05) is 13.1 Å². The predicted octanol–water partition coefficient (Wildman–Crippen LogP) is 4.83. The maximum Gasteiger partial charge on any atom is 0.177 e. The van der Waals surface area contributed by atoms with E-state index in [4.69, 9.17) is 38.7 Å². The second kappa shape index (κ2) is 9.03. The fourth-order valence-electron chi connectivity index (χ4n) is 4.09. The van der Waals surface area contributed by atoms with Gasteiger partial charge in [0.1, 0.15) is 11.4 Å². The first-order valence-corrected chi connectivity index (χ1v) is 11.2. The quantitative estimate of drug-likeness (QED) is 0.362. The van der Waals surface area contributed by atoms with Crippen LogP contribution in [-0.4, -0.2) is 33.3 Å². The van der Waals surface area contributed by atoms with Crippen LogP contribution in [0.1, 0.15) is 36.2 Å². The summed E-state index contributed by atoms with van der Waals surface area (Å²) in [5, 5.41) is 12.6. The lowest BCUT2D eigenvalue weighted by Crippen LogP contribution is -2.26. The summed E-state index contributed by atoms with van der Waals surface area (Å²) in [5.41, 5.74) is 10.5. The molecular weight excluding hydrogens is 447 g/mol. The van der Waals surface area contributed by atoms with Crippen LogP contribution in [0.2, 0.25) is 10.0 Å². The van der Waals surface area contributed by atoms with Gasteiger partial charge in [-0.1, -0.05) is 23.2 Å². The van der Waals surface area contributed by atoms with Gasteiger partial charge in [0.15, 0.2) is 6.23 Å². The van der Waals surface area contributed by atoms with Crippen molar-refractivity contribution in [1.82, 2.24) is 25.5 Å². The molecule has 32 heavy (non-hydrogen) atoms. The highest BCUT2D eigenvalue weighted by Crippen LogP contribution is 2.33.